The van der Waals surface area contributed by atoms with Crippen LogP contribution in [0.15, 0.2) is 42.0 Å². The van der Waals surface area contributed by atoms with E-state index in [-0.39, 0.29) is 22.6 Å². The second-order valence-corrected chi connectivity index (χ2v) is 8.07. The highest BCUT2D eigenvalue weighted by Crippen LogP contribution is 2.43. The SMILES string of the molecule is CCCN1C(=O)C(=O)/C(=C(/O)c2cc(OC)c(Cl)cc2OC)C1c1ccc(N(C)C)cc1. The Kier molecular flexibility index (Phi) is 6.99. The molecule has 32 heavy (non-hydrogen) atoms. The Hall–Kier alpha value is -3.19. The molecule has 1 aliphatic heterocycles. The number of anilines is 1. The largest absolute Gasteiger partial charge is 0.507 e. The molecule has 0 saturated carbocycles. The fourth-order valence-electron chi connectivity index (χ4n) is 3.84. The zero-order valence-electron chi connectivity index (χ0n) is 18.8. The lowest BCUT2D eigenvalue weighted by atomic mass is 9.94. The van der Waals surface area contributed by atoms with Crippen LogP contribution >= 0.6 is 11.6 Å². The van der Waals surface area contributed by atoms with Crippen molar-refractivity contribution in [3.05, 3.63) is 58.1 Å². The lowest BCUT2D eigenvalue weighted by Gasteiger charge is -2.25. The van der Waals surface area contributed by atoms with E-state index >= 15 is 0 Å². The summed E-state index contributed by atoms with van der Waals surface area (Å²) in [6.45, 7) is 2.31. The number of rotatable bonds is 7. The maximum Gasteiger partial charge on any atom is 0.295 e. The molecule has 1 N–H and O–H groups in total. The second kappa shape index (κ2) is 9.53. The number of hydrogen-bond donors (Lipinski definition) is 1. The van der Waals surface area contributed by atoms with Gasteiger partial charge in [0.05, 0.1) is 36.4 Å². The maximum absolute atomic E-state index is 13.1. The lowest BCUT2D eigenvalue weighted by Crippen LogP contribution is -2.30. The summed E-state index contributed by atoms with van der Waals surface area (Å²) >= 11 is 6.19. The predicted molar refractivity (Wildman–Crippen MR) is 125 cm³/mol. The number of carbonyl (C=O) groups is 2. The number of amides is 1. The van der Waals surface area contributed by atoms with E-state index in [0.717, 1.165) is 11.3 Å². The summed E-state index contributed by atoms with van der Waals surface area (Å²) in [5.41, 5.74) is 1.93. The maximum atomic E-state index is 13.1. The summed E-state index contributed by atoms with van der Waals surface area (Å²) in [6, 6.07) is 9.82. The van der Waals surface area contributed by atoms with Crippen LogP contribution in [0.25, 0.3) is 5.76 Å². The Morgan fingerprint density at radius 3 is 2.25 bits per heavy atom. The van der Waals surface area contributed by atoms with Crippen LogP contribution in [0.4, 0.5) is 5.69 Å². The molecule has 3 rings (SSSR count). The first-order chi connectivity index (χ1) is 15.2. The van der Waals surface area contributed by atoms with Crippen LogP contribution in [0.2, 0.25) is 5.02 Å². The van der Waals surface area contributed by atoms with Gasteiger partial charge in [-0.05, 0) is 30.2 Å². The Labute approximate surface area is 192 Å². The Bertz CT molecular complexity index is 1060. The minimum atomic E-state index is -0.742. The highest BCUT2D eigenvalue weighted by molar-refractivity contribution is 6.46. The van der Waals surface area contributed by atoms with Crippen molar-refractivity contribution in [3.63, 3.8) is 0 Å². The Balaban J connectivity index is 2.24. The first-order valence-electron chi connectivity index (χ1n) is 10.2. The van der Waals surface area contributed by atoms with Crippen molar-refractivity contribution in [2.24, 2.45) is 0 Å². The third kappa shape index (κ3) is 4.12. The van der Waals surface area contributed by atoms with Gasteiger partial charge in [-0.15, -0.1) is 0 Å². The van der Waals surface area contributed by atoms with Crippen molar-refractivity contribution < 1.29 is 24.2 Å². The average molecular weight is 459 g/mol. The van der Waals surface area contributed by atoms with Crippen LogP contribution in [0.5, 0.6) is 11.5 Å². The number of halogens is 1. The van der Waals surface area contributed by atoms with Crippen molar-refractivity contribution in [3.8, 4) is 11.5 Å². The number of ether oxygens (including phenoxy) is 2. The van der Waals surface area contributed by atoms with Crippen LogP contribution in [-0.4, -0.2) is 56.6 Å². The van der Waals surface area contributed by atoms with Crippen LogP contribution in [0.1, 0.15) is 30.5 Å². The number of aliphatic hydroxyl groups is 1. The highest BCUT2D eigenvalue weighted by atomic mass is 35.5. The minimum Gasteiger partial charge on any atom is -0.507 e. The number of ketones is 1. The van der Waals surface area contributed by atoms with E-state index in [1.54, 1.807) is 0 Å². The quantitative estimate of drug-likeness (QED) is 0.379. The van der Waals surface area contributed by atoms with E-state index in [1.807, 2.05) is 50.2 Å². The zero-order valence-corrected chi connectivity index (χ0v) is 19.6. The minimum absolute atomic E-state index is 0.00345. The van der Waals surface area contributed by atoms with E-state index in [4.69, 9.17) is 21.1 Å². The summed E-state index contributed by atoms with van der Waals surface area (Å²) in [6.07, 6.45) is 0.664. The van der Waals surface area contributed by atoms with Gasteiger partial charge in [0, 0.05) is 32.4 Å². The first-order valence-corrected chi connectivity index (χ1v) is 10.6. The topological polar surface area (TPSA) is 79.3 Å². The molecule has 1 atom stereocenters. The number of carbonyl (C=O) groups excluding carboxylic acids is 2. The molecular formula is C24H27ClN2O5. The molecule has 8 heteroatoms. The Morgan fingerprint density at radius 2 is 1.72 bits per heavy atom. The standard InChI is InChI=1S/C24H27ClN2O5/c1-6-11-27-21(14-7-9-15(10-8-14)26(2)3)20(23(29)24(27)30)22(28)16-12-19(32-5)17(25)13-18(16)31-4/h7-10,12-13,21,28H,6,11H2,1-5H3/b22-20+. The summed E-state index contributed by atoms with van der Waals surface area (Å²) in [4.78, 5) is 29.4. The summed E-state index contributed by atoms with van der Waals surface area (Å²) in [5, 5.41) is 11.6. The molecule has 1 amide bonds. The van der Waals surface area contributed by atoms with Crippen molar-refractivity contribution >= 4 is 34.7 Å². The van der Waals surface area contributed by atoms with Crippen molar-refractivity contribution in [1.29, 1.82) is 0 Å². The molecule has 0 spiro atoms. The predicted octanol–water partition coefficient (Wildman–Crippen LogP) is 4.25. The molecule has 1 aliphatic rings. The zero-order chi connectivity index (χ0) is 23.6. The van der Waals surface area contributed by atoms with Gasteiger partial charge in [-0.3, -0.25) is 9.59 Å². The van der Waals surface area contributed by atoms with Gasteiger partial charge in [0.15, 0.2) is 0 Å². The van der Waals surface area contributed by atoms with E-state index in [9.17, 15) is 14.7 Å². The molecule has 0 aliphatic carbocycles. The fourth-order valence-corrected chi connectivity index (χ4v) is 4.07. The van der Waals surface area contributed by atoms with Crippen molar-refractivity contribution in [2.75, 3.05) is 39.8 Å². The normalized spacial score (nSPS) is 17.6. The van der Waals surface area contributed by atoms with Crippen LogP contribution in [-0.2, 0) is 9.59 Å². The van der Waals surface area contributed by atoms with Gasteiger partial charge in [0.2, 0.25) is 0 Å². The number of Topliss-reactive ketones (excluding diaryl/α,β-unsaturated/α-hetero) is 1. The van der Waals surface area contributed by atoms with E-state index in [0.29, 0.717) is 23.7 Å². The fraction of sp³-hybridized carbons (Fsp3) is 0.333. The molecule has 2 aromatic carbocycles. The van der Waals surface area contributed by atoms with Crippen molar-refractivity contribution in [2.45, 2.75) is 19.4 Å². The molecule has 0 radical (unpaired) electrons. The third-order valence-electron chi connectivity index (χ3n) is 5.46. The first kappa shape index (κ1) is 23.5. The van der Waals surface area contributed by atoms with Gasteiger partial charge in [0.1, 0.15) is 17.3 Å². The Morgan fingerprint density at radius 1 is 1.09 bits per heavy atom. The van der Waals surface area contributed by atoms with Gasteiger partial charge >= 0.3 is 0 Å². The van der Waals surface area contributed by atoms with Gasteiger partial charge in [-0.2, -0.15) is 0 Å². The third-order valence-corrected chi connectivity index (χ3v) is 5.75. The van der Waals surface area contributed by atoms with Crippen molar-refractivity contribution in [1.82, 2.24) is 4.90 Å². The number of methoxy groups -OCH3 is 2. The smallest absolute Gasteiger partial charge is 0.295 e. The molecule has 1 saturated heterocycles. The molecule has 170 valence electrons. The summed E-state index contributed by atoms with van der Waals surface area (Å²) in [5.74, 6) is -1.15. The highest BCUT2D eigenvalue weighted by Gasteiger charge is 2.46. The molecule has 1 fully saturated rings. The molecule has 0 aromatic heterocycles. The number of likely N-dealkylation sites (tertiary alicyclic amines) is 1. The summed E-state index contributed by atoms with van der Waals surface area (Å²) < 4.78 is 10.6. The van der Waals surface area contributed by atoms with Crippen LogP contribution < -0.4 is 14.4 Å². The molecule has 1 unspecified atom stereocenters. The van der Waals surface area contributed by atoms with Crippen LogP contribution in [0.3, 0.4) is 0 Å². The van der Waals surface area contributed by atoms with E-state index in [1.165, 1.54) is 31.3 Å². The van der Waals surface area contributed by atoms with E-state index in [2.05, 4.69) is 0 Å². The average Bonchev–Trinajstić information content (AvgIpc) is 3.03. The monoisotopic (exact) mass is 458 g/mol. The molecular weight excluding hydrogens is 432 g/mol. The number of hydrogen-bond acceptors (Lipinski definition) is 6. The van der Waals surface area contributed by atoms with Gasteiger partial charge in [-0.1, -0.05) is 30.7 Å². The van der Waals surface area contributed by atoms with Gasteiger partial charge in [-0.25, -0.2) is 0 Å². The van der Waals surface area contributed by atoms with Gasteiger partial charge < -0.3 is 24.4 Å². The second-order valence-electron chi connectivity index (χ2n) is 7.67. The summed E-state index contributed by atoms with van der Waals surface area (Å²) in [7, 11) is 6.74. The number of nitrogens with zero attached hydrogens (tertiary/aromatic N) is 2. The molecule has 7 nitrogen and oxygen atoms in total. The molecule has 1 heterocycles. The van der Waals surface area contributed by atoms with Gasteiger partial charge in [0.25, 0.3) is 11.7 Å². The number of aliphatic hydroxyl groups excluding tert-OH is 1. The van der Waals surface area contributed by atoms with Crippen LogP contribution in [0, 0.1) is 0 Å². The molecule has 0 bridgehead atoms. The lowest BCUT2D eigenvalue weighted by molar-refractivity contribution is -0.139. The van der Waals surface area contributed by atoms with E-state index < -0.39 is 17.7 Å². The number of benzene rings is 2. The molecule has 2 aromatic rings.